The molecule has 1 aliphatic carbocycles. The number of thiazole rings is 1. The number of rotatable bonds is 3. The summed E-state index contributed by atoms with van der Waals surface area (Å²) in [4.78, 5) is 19.8. The average Bonchev–Trinajstić information content (AvgIpc) is 3.12. The molecule has 2 aliphatic rings. The first-order valence-corrected chi connectivity index (χ1v) is 10.7. The predicted molar refractivity (Wildman–Crippen MR) is 110 cm³/mol. The molecule has 27 heavy (non-hydrogen) atoms. The average molecular weight is 388 g/mol. The van der Waals surface area contributed by atoms with E-state index in [2.05, 4.69) is 43.5 Å². The van der Waals surface area contributed by atoms with Gasteiger partial charge in [0.05, 0.1) is 12.3 Å². The molecule has 0 bridgehead atoms. The molecule has 4 rings (SSSR count). The molecule has 2 aromatic rings. The summed E-state index contributed by atoms with van der Waals surface area (Å²) in [5, 5.41) is 3.36. The van der Waals surface area contributed by atoms with Gasteiger partial charge in [0, 0.05) is 22.5 Å². The molecule has 146 valence electrons. The van der Waals surface area contributed by atoms with Crippen LogP contribution in [0.4, 0.5) is 0 Å². The van der Waals surface area contributed by atoms with Gasteiger partial charge in [-0.2, -0.15) is 0 Å². The standard InChI is InChI=1S/C21H29N3O2S/c1-6-26-18(25)15-16(13-7-9-22-10-8-13)24-14-11-20(2,3)12-21(4,5)17(14)27-19(24)23-15/h7,22H,6,8-12H2,1-5H3. The molecule has 0 fully saturated rings. The van der Waals surface area contributed by atoms with Crippen LogP contribution in [0.5, 0.6) is 0 Å². The zero-order valence-electron chi connectivity index (χ0n) is 16.9. The third kappa shape index (κ3) is 3.13. The van der Waals surface area contributed by atoms with Crippen LogP contribution in [0.3, 0.4) is 0 Å². The van der Waals surface area contributed by atoms with E-state index in [0.717, 1.165) is 43.0 Å². The lowest BCUT2D eigenvalue weighted by molar-refractivity contribution is 0.0520. The zero-order valence-corrected chi connectivity index (χ0v) is 17.8. The molecule has 0 saturated heterocycles. The first-order valence-electron chi connectivity index (χ1n) is 9.85. The molecule has 0 saturated carbocycles. The number of esters is 1. The highest BCUT2D eigenvalue weighted by molar-refractivity contribution is 7.17. The van der Waals surface area contributed by atoms with E-state index in [4.69, 9.17) is 9.72 Å². The number of ether oxygens (including phenoxy) is 1. The topological polar surface area (TPSA) is 55.6 Å². The van der Waals surface area contributed by atoms with Gasteiger partial charge in [0.25, 0.3) is 0 Å². The lowest BCUT2D eigenvalue weighted by atomic mass is 9.67. The molecule has 0 unspecified atom stereocenters. The van der Waals surface area contributed by atoms with Crippen LogP contribution in [0.2, 0.25) is 0 Å². The van der Waals surface area contributed by atoms with Crippen LogP contribution >= 0.6 is 11.3 Å². The first kappa shape index (κ1) is 18.7. The second-order valence-corrected chi connectivity index (χ2v) is 10.1. The molecular formula is C21H29N3O2S. The highest BCUT2D eigenvalue weighted by Gasteiger charge is 2.41. The Morgan fingerprint density at radius 2 is 2.15 bits per heavy atom. The van der Waals surface area contributed by atoms with Crippen molar-refractivity contribution in [3.8, 4) is 0 Å². The number of nitrogens with zero attached hydrogens (tertiary/aromatic N) is 2. The minimum absolute atomic E-state index is 0.117. The Balaban J connectivity index is 1.98. The van der Waals surface area contributed by atoms with Gasteiger partial charge in [-0.15, -0.1) is 11.3 Å². The predicted octanol–water partition coefficient (Wildman–Crippen LogP) is 4.20. The Labute approximate surface area is 164 Å². The number of aromatic nitrogens is 2. The number of hydrogen-bond acceptors (Lipinski definition) is 5. The van der Waals surface area contributed by atoms with Gasteiger partial charge >= 0.3 is 5.97 Å². The van der Waals surface area contributed by atoms with Gasteiger partial charge in [-0.3, -0.25) is 4.40 Å². The summed E-state index contributed by atoms with van der Waals surface area (Å²) in [6.45, 7) is 13.3. The second-order valence-electron chi connectivity index (χ2n) is 9.11. The van der Waals surface area contributed by atoms with E-state index >= 15 is 0 Å². The molecule has 2 aromatic heterocycles. The third-order valence-electron chi connectivity index (χ3n) is 5.59. The van der Waals surface area contributed by atoms with Gasteiger partial charge in [-0.1, -0.05) is 33.8 Å². The molecule has 0 spiro atoms. The lowest BCUT2D eigenvalue weighted by Gasteiger charge is -2.40. The van der Waals surface area contributed by atoms with E-state index in [-0.39, 0.29) is 16.8 Å². The number of nitrogens with one attached hydrogen (secondary N) is 1. The molecule has 0 aromatic carbocycles. The SMILES string of the molecule is CCOC(=O)c1nc2sc3c(n2c1C1=CCNCC1)CC(C)(C)CC3(C)C. The van der Waals surface area contributed by atoms with Crippen LogP contribution in [0.1, 0.15) is 74.2 Å². The fourth-order valence-corrected chi connectivity index (χ4v) is 6.17. The van der Waals surface area contributed by atoms with Crippen molar-refractivity contribution in [2.24, 2.45) is 5.41 Å². The number of hydrogen-bond donors (Lipinski definition) is 1. The Kier molecular flexibility index (Phi) is 4.47. The largest absolute Gasteiger partial charge is 0.461 e. The Morgan fingerprint density at radius 3 is 2.81 bits per heavy atom. The molecule has 1 N–H and O–H groups in total. The van der Waals surface area contributed by atoms with E-state index in [1.165, 1.54) is 16.1 Å². The fraction of sp³-hybridized carbons (Fsp3) is 0.619. The van der Waals surface area contributed by atoms with Crippen LogP contribution in [0, 0.1) is 5.41 Å². The van der Waals surface area contributed by atoms with E-state index in [9.17, 15) is 4.79 Å². The monoisotopic (exact) mass is 387 g/mol. The van der Waals surface area contributed by atoms with Crippen molar-refractivity contribution in [1.29, 1.82) is 0 Å². The van der Waals surface area contributed by atoms with Crippen molar-refractivity contribution in [1.82, 2.24) is 14.7 Å². The zero-order chi connectivity index (χ0) is 19.4. The fourth-order valence-electron chi connectivity index (χ4n) is 4.93. The van der Waals surface area contributed by atoms with Crippen molar-refractivity contribution >= 4 is 27.8 Å². The number of imidazole rings is 1. The van der Waals surface area contributed by atoms with Crippen LogP contribution in [-0.4, -0.2) is 35.1 Å². The van der Waals surface area contributed by atoms with Gasteiger partial charge in [-0.05, 0) is 43.7 Å². The Bertz CT molecular complexity index is 933. The van der Waals surface area contributed by atoms with Crippen molar-refractivity contribution in [2.45, 2.75) is 59.3 Å². The van der Waals surface area contributed by atoms with Crippen LogP contribution < -0.4 is 5.32 Å². The first-order chi connectivity index (χ1) is 12.7. The molecular weight excluding hydrogens is 358 g/mol. The third-order valence-corrected chi connectivity index (χ3v) is 7.04. The summed E-state index contributed by atoms with van der Waals surface area (Å²) >= 11 is 1.74. The van der Waals surface area contributed by atoms with E-state index in [0.29, 0.717) is 12.3 Å². The van der Waals surface area contributed by atoms with Crippen molar-refractivity contribution < 1.29 is 9.53 Å². The van der Waals surface area contributed by atoms with E-state index < -0.39 is 0 Å². The van der Waals surface area contributed by atoms with Gasteiger partial charge in [0.2, 0.25) is 0 Å². The molecule has 0 radical (unpaired) electrons. The molecule has 1 aliphatic heterocycles. The lowest BCUT2D eigenvalue weighted by Crippen LogP contribution is -2.34. The summed E-state index contributed by atoms with van der Waals surface area (Å²) in [6, 6.07) is 0. The second kappa shape index (κ2) is 6.45. The van der Waals surface area contributed by atoms with E-state index in [1.54, 1.807) is 11.3 Å². The molecule has 0 amide bonds. The Hall–Kier alpha value is -1.66. The molecule has 0 atom stereocenters. The molecule has 5 nitrogen and oxygen atoms in total. The summed E-state index contributed by atoms with van der Waals surface area (Å²) in [7, 11) is 0. The number of carbonyl (C=O) groups is 1. The maximum absolute atomic E-state index is 12.7. The van der Waals surface area contributed by atoms with Gasteiger partial charge in [-0.25, -0.2) is 9.78 Å². The number of fused-ring (bicyclic) bond motifs is 3. The summed E-state index contributed by atoms with van der Waals surface area (Å²) < 4.78 is 7.60. The maximum atomic E-state index is 12.7. The summed E-state index contributed by atoms with van der Waals surface area (Å²) in [5.74, 6) is -0.314. The highest BCUT2D eigenvalue weighted by Crippen LogP contribution is 2.49. The summed E-state index contributed by atoms with van der Waals surface area (Å²) in [5.41, 5.74) is 4.29. The van der Waals surface area contributed by atoms with Crippen LogP contribution in [0.15, 0.2) is 6.08 Å². The smallest absolute Gasteiger partial charge is 0.359 e. The highest BCUT2D eigenvalue weighted by atomic mass is 32.1. The minimum atomic E-state index is -0.314. The van der Waals surface area contributed by atoms with Crippen molar-refractivity contribution in [3.05, 3.63) is 28.0 Å². The van der Waals surface area contributed by atoms with Gasteiger partial charge in [0.1, 0.15) is 0 Å². The van der Waals surface area contributed by atoms with Crippen LogP contribution in [0.25, 0.3) is 10.5 Å². The van der Waals surface area contributed by atoms with Crippen LogP contribution in [-0.2, 0) is 16.6 Å². The quantitative estimate of drug-likeness (QED) is 0.802. The van der Waals surface area contributed by atoms with Crippen molar-refractivity contribution in [2.75, 3.05) is 19.7 Å². The molecule has 6 heteroatoms. The minimum Gasteiger partial charge on any atom is -0.461 e. The van der Waals surface area contributed by atoms with E-state index in [1.807, 2.05) is 6.92 Å². The van der Waals surface area contributed by atoms with Gasteiger partial charge < -0.3 is 10.1 Å². The van der Waals surface area contributed by atoms with Crippen molar-refractivity contribution in [3.63, 3.8) is 0 Å². The maximum Gasteiger partial charge on any atom is 0.359 e. The Morgan fingerprint density at radius 1 is 1.37 bits per heavy atom. The summed E-state index contributed by atoms with van der Waals surface area (Å²) in [6.07, 6.45) is 5.25. The number of carbonyl (C=O) groups excluding carboxylic acids is 1. The molecule has 3 heterocycles. The van der Waals surface area contributed by atoms with Gasteiger partial charge in [0.15, 0.2) is 10.7 Å². The normalized spacial score (nSPS) is 21.0.